The molecule has 8 heteroatoms. The van der Waals surface area contributed by atoms with Crippen LogP contribution < -0.4 is 10.9 Å². The molecule has 0 saturated heterocycles. The lowest BCUT2D eigenvalue weighted by Gasteiger charge is -1.99. The van der Waals surface area contributed by atoms with E-state index in [0.29, 0.717) is 16.6 Å². The smallest absolute Gasteiger partial charge is 0.275 e. The van der Waals surface area contributed by atoms with E-state index in [0.717, 1.165) is 10.7 Å². The Bertz CT molecular complexity index is 788. The van der Waals surface area contributed by atoms with Gasteiger partial charge in [0.15, 0.2) is 0 Å². The second-order valence-corrected chi connectivity index (χ2v) is 6.34. The van der Waals surface area contributed by atoms with Crippen LogP contribution in [-0.2, 0) is 6.54 Å². The average Bonchev–Trinajstić information content (AvgIpc) is 2.91. The van der Waals surface area contributed by atoms with Crippen molar-refractivity contribution >= 4 is 32.8 Å². The van der Waals surface area contributed by atoms with Gasteiger partial charge in [0.1, 0.15) is 0 Å². The van der Waals surface area contributed by atoms with Gasteiger partial charge in [0.25, 0.3) is 5.56 Å². The van der Waals surface area contributed by atoms with Crippen LogP contribution in [0, 0.1) is 13.8 Å². The van der Waals surface area contributed by atoms with Crippen LogP contribution >= 0.6 is 22.7 Å². The number of nitrogens with zero attached hydrogens (tertiary/aromatic N) is 4. The third kappa shape index (κ3) is 2.36. The first-order valence-corrected chi connectivity index (χ1v) is 7.28. The highest BCUT2D eigenvalue weighted by Gasteiger charge is 2.08. The topological polar surface area (TPSA) is 72.2 Å². The summed E-state index contributed by atoms with van der Waals surface area (Å²) in [6.45, 7) is 4.64. The Hall–Kier alpha value is -1.80. The number of aryl methyl sites for hydroxylation is 2. The zero-order valence-electron chi connectivity index (χ0n) is 10.4. The van der Waals surface area contributed by atoms with E-state index >= 15 is 0 Å². The molecule has 0 atom stereocenters. The Labute approximate surface area is 116 Å². The molecule has 3 aromatic heterocycles. The zero-order chi connectivity index (χ0) is 13.4. The van der Waals surface area contributed by atoms with Crippen LogP contribution in [0.25, 0.3) is 4.96 Å². The number of aromatic nitrogens is 4. The van der Waals surface area contributed by atoms with E-state index < -0.39 is 0 Å². The zero-order valence-corrected chi connectivity index (χ0v) is 12.0. The molecule has 3 aromatic rings. The lowest BCUT2D eigenvalue weighted by molar-refractivity contribution is 0.892. The summed E-state index contributed by atoms with van der Waals surface area (Å²) in [6, 6.07) is 1.39. The highest BCUT2D eigenvalue weighted by atomic mass is 32.1. The van der Waals surface area contributed by atoms with Gasteiger partial charge in [0.2, 0.25) is 10.1 Å². The SMILES string of the molecule is Cc1nc(CNc2nn3c(=O)ccnc3s2)c(C)s1. The van der Waals surface area contributed by atoms with Crippen molar-refractivity contribution in [3.05, 3.63) is 38.2 Å². The fourth-order valence-electron chi connectivity index (χ4n) is 1.71. The molecule has 6 nitrogen and oxygen atoms in total. The van der Waals surface area contributed by atoms with Crippen LogP contribution in [0.15, 0.2) is 17.1 Å². The maximum Gasteiger partial charge on any atom is 0.275 e. The monoisotopic (exact) mass is 293 g/mol. The summed E-state index contributed by atoms with van der Waals surface area (Å²) in [4.78, 5) is 21.9. The minimum Gasteiger partial charge on any atom is -0.354 e. The Morgan fingerprint density at radius 1 is 1.37 bits per heavy atom. The summed E-state index contributed by atoms with van der Waals surface area (Å²) < 4.78 is 1.30. The molecule has 98 valence electrons. The number of fused-ring (bicyclic) bond motifs is 1. The maximum atomic E-state index is 11.6. The van der Waals surface area contributed by atoms with Crippen LogP contribution in [0.1, 0.15) is 15.6 Å². The van der Waals surface area contributed by atoms with Gasteiger partial charge < -0.3 is 5.32 Å². The predicted octanol–water partition coefficient (Wildman–Crippen LogP) is 1.84. The fraction of sp³-hybridized carbons (Fsp3) is 0.273. The van der Waals surface area contributed by atoms with Gasteiger partial charge in [-0.15, -0.1) is 16.4 Å². The van der Waals surface area contributed by atoms with E-state index in [1.807, 2.05) is 13.8 Å². The Kier molecular flexibility index (Phi) is 3.03. The van der Waals surface area contributed by atoms with Crippen LogP contribution in [0.5, 0.6) is 0 Å². The summed E-state index contributed by atoms with van der Waals surface area (Å²) in [6.07, 6.45) is 1.49. The van der Waals surface area contributed by atoms with Crippen molar-refractivity contribution in [2.24, 2.45) is 0 Å². The highest BCUT2D eigenvalue weighted by molar-refractivity contribution is 7.20. The summed E-state index contributed by atoms with van der Waals surface area (Å²) in [5.74, 6) is 0. The largest absolute Gasteiger partial charge is 0.354 e. The summed E-state index contributed by atoms with van der Waals surface area (Å²) >= 11 is 3.02. The molecule has 0 aliphatic rings. The number of nitrogens with one attached hydrogen (secondary N) is 1. The van der Waals surface area contributed by atoms with Gasteiger partial charge in [0.05, 0.1) is 17.2 Å². The molecule has 3 heterocycles. The van der Waals surface area contributed by atoms with E-state index in [1.165, 1.54) is 33.0 Å². The van der Waals surface area contributed by atoms with E-state index in [1.54, 1.807) is 11.3 Å². The molecule has 0 radical (unpaired) electrons. The Balaban J connectivity index is 1.84. The lowest BCUT2D eigenvalue weighted by Crippen LogP contribution is -2.12. The van der Waals surface area contributed by atoms with Gasteiger partial charge in [-0.1, -0.05) is 11.3 Å². The van der Waals surface area contributed by atoms with Crippen molar-refractivity contribution in [1.29, 1.82) is 0 Å². The first kappa shape index (κ1) is 12.2. The minimum absolute atomic E-state index is 0.171. The second kappa shape index (κ2) is 4.71. The van der Waals surface area contributed by atoms with Gasteiger partial charge in [-0.25, -0.2) is 9.97 Å². The fourth-order valence-corrected chi connectivity index (χ4v) is 3.32. The van der Waals surface area contributed by atoms with Gasteiger partial charge >= 0.3 is 0 Å². The minimum atomic E-state index is -0.171. The van der Waals surface area contributed by atoms with Crippen molar-refractivity contribution in [2.45, 2.75) is 20.4 Å². The maximum absolute atomic E-state index is 11.6. The van der Waals surface area contributed by atoms with Gasteiger partial charge in [-0.3, -0.25) is 4.79 Å². The van der Waals surface area contributed by atoms with Crippen LogP contribution in [0.4, 0.5) is 5.13 Å². The molecule has 0 unspecified atom stereocenters. The molecule has 0 aromatic carbocycles. The van der Waals surface area contributed by atoms with Crippen molar-refractivity contribution in [1.82, 2.24) is 19.6 Å². The number of hydrogen-bond acceptors (Lipinski definition) is 7. The van der Waals surface area contributed by atoms with Gasteiger partial charge in [-0.2, -0.15) is 4.52 Å². The van der Waals surface area contributed by atoms with E-state index in [-0.39, 0.29) is 5.56 Å². The van der Waals surface area contributed by atoms with Crippen LogP contribution in [-0.4, -0.2) is 19.6 Å². The molecule has 0 spiro atoms. The third-order valence-electron chi connectivity index (χ3n) is 2.58. The first-order valence-electron chi connectivity index (χ1n) is 5.65. The summed E-state index contributed by atoms with van der Waals surface area (Å²) in [7, 11) is 0. The van der Waals surface area contributed by atoms with Crippen molar-refractivity contribution in [3.63, 3.8) is 0 Å². The normalized spacial score (nSPS) is 11.1. The van der Waals surface area contributed by atoms with Gasteiger partial charge in [-0.05, 0) is 13.8 Å². The molecule has 0 amide bonds. The molecule has 0 bridgehead atoms. The Morgan fingerprint density at radius 3 is 2.89 bits per heavy atom. The number of rotatable bonds is 3. The molecular formula is C11H11N5OS2. The van der Waals surface area contributed by atoms with E-state index in [9.17, 15) is 4.79 Å². The van der Waals surface area contributed by atoms with Crippen LogP contribution in [0.3, 0.4) is 0 Å². The van der Waals surface area contributed by atoms with E-state index in [4.69, 9.17) is 0 Å². The molecular weight excluding hydrogens is 282 g/mol. The molecule has 0 saturated carbocycles. The predicted molar refractivity (Wildman–Crippen MR) is 76.0 cm³/mol. The van der Waals surface area contributed by atoms with Crippen LogP contribution in [0.2, 0.25) is 0 Å². The standard InChI is InChI=1S/C11H11N5OS2/c1-6-8(14-7(2)18-6)5-13-10-15-16-9(17)3-4-12-11(16)19-10/h3-4H,5H2,1-2H3,(H,13,15). The summed E-state index contributed by atoms with van der Waals surface area (Å²) in [5, 5.41) is 9.09. The molecule has 0 fully saturated rings. The summed E-state index contributed by atoms with van der Waals surface area (Å²) in [5.41, 5.74) is 0.844. The molecule has 0 aliphatic heterocycles. The molecule has 19 heavy (non-hydrogen) atoms. The number of thiazole rings is 1. The highest BCUT2D eigenvalue weighted by Crippen LogP contribution is 2.20. The van der Waals surface area contributed by atoms with Crippen molar-refractivity contribution in [2.75, 3.05) is 5.32 Å². The third-order valence-corrected chi connectivity index (χ3v) is 4.39. The molecule has 1 N–H and O–H groups in total. The second-order valence-electron chi connectivity index (χ2n) is 3.97. The first-order chi connectivity index (χ1) is 9.13. The van der Waals surface area contributed by atoms with E-state index in [2.05, 4.69) is 20.4 Å². The average molecular weight is 293 g/mol. The number of hydrogen-bond donors (Lipinski definition) is 1. The van der Waals surface area contributed by atoms with Crippen molar-refractivity contribution in [3.8, 4) is 0 Å². The number of anilines is 1. The molecule has 3 rings (SSSR count). The quantitative estimate of drug-likeness (QED) is 0.797. The lowest BCUT2D eigenvalue weighted by atomic mass is 10.4. The van der Waals surface area contributed by atoms with Crippen molar-refractivity contribution < 1.29 is 0 Å². The Morgan fingerprint density at radius 2 is 2.21 bits per heavy atom. The van der Waals surface area contributed by atoms with Gasteiger partial charge in [0, 0.05) is 17.1 Å². The molecule has 0 aliphatic carbocycles.